The first-order valence-corrected chi connectivity index (χ1v) is 10.0. The molecule has 2 aromatic carbocycles. The first kappa shape index (κ1) is 24.6. The Balaban J connectivity index is 0.00000341. The smallest absolute Gasteiger partial charge is 0.190 e. The summed E-state index contributed by atoms with van der Waals surface area (Å²) in [6.45, 7) is 2.37. The molecule has 0 bridgehead atoms. The van der Waals surface area contributed by atoms with Gasteiger partial charge in [0.1, 0.15) is 18.4 Å². The minimum atomic E-state index is -0.369. The second kappa shape index (κ2) is 13.6. The lowest BCUT2D eigenvalue weighted by molar-refractivity contribution is 0.441. The van der Waals surface area contributed by atoms with E-state index in [9.17, 15) is 4.39 Å². The minimum Gasteiger partial charge on any atom is -0.454 e. The maximum atomic E-state index is 14.3. The van der Waals surface area contributed by atoms with E-state index >= 15 is 0 Å². The van der Waals surface area contributed by atoms with Crippen molar-refractivity contribution in [3.05, 3.63) is 72.6 Å². The molecule has 0 aliphatic heterocycles. The van der Waals surface area contributed by atoms with Crippen LogP contribution in [0, 0.1) is 5.82 Å². The Morgan fingerprint density at radius 3 is 2.48 bits per heavy atom. The van der Waals surface area contributed by atoms with Crippen LogP contribution in [0.15, 0.2) is 66.2 Å². The maximum absolute atomic E-state index is 14.3. The highest BCUT2D eigenvalue weighted by molar-refractivity contribution is 14.0. The minimum absolute atomic E-state index is 0. The number of aryl methyl sites for hydroxylation is 1. The van der Waals surface area contributed by atoms with Gasteiger partial charge >= 0.3 is 0 Å². The van der Waals surface area contributed by atoms with Crippen LogP contribution in [-0.4, -0.2) is 40.9 Å². The zero-order chi connectivity index (χ0) is 21.0. The van der Waals surface area contributed by atoms with E-state index < -0.39 is 0 Å². The zero-order valence-electron chi connectivity index (χ0n) is 17.5. The number of guanidine groups is 1. The lowest BCUT2D eigenvalue weighted by Crippen LogP contribution is -2.38. The molecule has 0 amide bonds. The fourth-order valence-corrected chi connectivity index (χ4v) is 2.91. The molecular formula is C22H28FIN6O. The summed E-state index contributed by atoms with van der Waals surface area (Å²) in [6, 6.07) is 14.2. The highest BCUT2D eigenvalue weighted by Crippen LogP contribution is 2.24. The Morgan fingerprint density at radius 2 is 1.77 bits per heavy atom. The van der Waals surface area contributed by atoms with Gasteiger partial charge in [0.05, 0.1) is 0 Å². The van der Waals surface area contributed by atoms with Crippen LogP contribution in [0.4, 0.5) is 4.39 Å². The quantitative estimate of drug-likeness (QED) is 0.177. The van der Waals surface area contributed by atoms with Crippen molar-refractivity contribution in [1.29, 1.82) is 0 Å². The van der Waals surface area contributed by atoms with Crippen molar-refractivity contribution in [3.8, 4) is 11.5 Å². The highest BCUT2D eigenvalue weighted by atomic mass is 127. The Morgan fingerprint density at radius 1 is 1.03 bits per heavy atom. The van der Waals surface area contributed by atoms with Gasteiger partial charge in [0.15, 0.2) is 17.5 Å². The van der Waals surface area contributed by atoms with E-state index in [0.717, 1.165) is 37.5 Å². The number of unbranched alkanes of at least 4 members (excludes halogenated alkanes) is 1. The van der Waals surface area contributed by atoms with Crippen LogP contribution in [0.25, 0.3) is 0 Å². The summed E-state index contributed by atoms with van der Waals surface area (Å²) in [5, 5.41) is 14.1. The van der Waals surface area contributed by atoms with Crippen LogP contribution in [0.2, 0.25) is 0 Å². The molecule has 1 aromatic heterocycles. The number of ether oxygens (including phenoxy) is 1. The summed E-state index contributed by atoms with van der Waals surface area (Å²) >= 11 is 0. The second-order valence-corrected chi connectivity index (χ2v) is 6.76. The number of para-hydroxylation sites is 1. The van der Waals surface area contributed by atoms with Crippen molar-refractivity contribution in [2.24, 2.45) is 4.99 Å². The van der Waals surface area contributed by atoms with E-state index in [2.05, 4.69) is 25.8 Å². The van der Waals surface area contributed by atoms with Crippen molar-refractivity contribution in [1.82, 2.24) is 25.4 Å². The second-order valence-electron chi connectivity index (χ2n) is 6.76. The molecule has 9 heteroatoms. The number of hydrogen-bond donors (Lipinski definition) is 2. The fraction of sp³-hybridized carbons (Fsp3) is 0.318. The number of hydrogen-bond acceptors (Lipinski definition) is 4. The van der Waals surface area contributed by atoms with Gasteiger partial charge in [-0.3, -0.25) is 4.99 Å². The summed E-state index contributed by atoms with van der Waals surface area (Å²) < 4.78 is 21.9. The molecule has 166 valence electrons. The third-order valence-electron chi connectivity index (χ3n) is 4.50. The number of halogens is 2. The molecular weight excluding hydrogens is 510 g/mol. The largest absolute Gasteiger partial charge is 0.454 e. The highest BCUT2D eigenvalue weighted by Gasteiger charge is 2.06. The van der Waals surface area contributed by atoms with E-state index in [1.54, 1.807) is 37.9 Å². The molecule has 1 heterocycles. The van der Waals surface area contributed by atoms with E-state index in [0.29, 0.717) is 18.7 Å². The average molecular weight is 538 g/mol. The predicted octanol–water partition coefficient (Wildman–Crippen LogP) is 4.02. The molecule has 0 fully saturated rings. The van der Waals surface area contributed by atoms with Crippen molar-refractivity contribution >= 4 is 29.9 Å². The van der Waals surface area contributed by atoms with Gasteiger partial charge in [-0.25, -0.2) is 4.39 Å². The Hall–Kier alpha value is -2.69. The topological polar surface area (TPSA) is 76.4 Å². The van der Waals surface area contributed by atoms with Gasteiger partial charge in [0, 0.05) is 26.7 Å². The summed E-state index contributed by atoms with van der Waals surface area (Å²) in [5.41, 5.74) is 0.893. The maximum Gasteiger partial charge on any atom is 0.190 e. The molecule has 31 heavy (non-hydrogen) atoms. The van der Waals surface area contributed by atoms with Crippen LogP contribution in [0.1, 0.15) is 18.4 Å². The average Bonchev–Trinajstić information content (AvgIpc) is 3.28. The molecule has 0 atom stereocenters. The first-order valence-electron chi connectivity index (χ1n) is 10.0. The lowest BCUT2D eigenvalue weighted by atomic mass is 10.1. The number of nitrogens with one attached hydrogen (secondary N) is 2. The predicted molar refractivity (Wildman–Crippen MR) is 131 cm³/mol. The lowest BCUT2D eigenvalue weighted by Gasteiger charge is -2.12. The van der Waals surface area contributed by atoms with Crippen LogP contribution >= 0.6 is 24.0 Å². The van der Waals surface area contributed by atoms with Crippen molar-refractivity contribution in [2.75, 3.05) is 20.1 Å². The number of aliphatic imine (C=N–C) groups is 1. The Labute approximate surface area is 199 Å². The van der Waals surface area contributed by atoms with Gasteiger partial charge in [-0.2, -0.15) is 0 Å². The molecule has 0 aliphatic rings. The monoisotopic (exact) mass is 538 g/mol. The van der Waals surface area contributed by atoms with Gasteiger partial charge in [0.25, 0.3) is 0 Å². The Bertz CT molecular complexity index is 921. The molecule has 0 saturated carbocycles. The molecule has 3 rings (SSSR count). The molecule has 0 aliphatic carbocycles. The number of benzene rings is 2. The van der Waals surface area contributed by atoms with E-state index in [1.165, 1.54) is 6.07 Å². The molecule has 2 N–H and O–H groups in total. The number of rotatable bonds is 10. The van der Waals surface area contributed by atoms with Crippen molar-refractivity contribution in [3.63, 3.8) is 0 Å². The third-order valence-corrected chi connectivity index (χ3v) is 4.50. The molecule has 0 radical (unpaired) electrons. The molecule has 0 saturated heterocycles. The standard InChI is InChI=1S/C22H27FN6O.HI/c1-24-22(25-12-5-6-14-29-16-27-28-17-29)26-13-11-18-9-10-21(20(23)15-18)30-19-7-3-2-4-8-19;/h2-4,7-10,15-17H,5-6,11-14H2,1H3,(H2,24,25,26);1H. The van der Waals surface area contributed by atoms with Gasteiger partial charge < -0.3 is 19.9 Å². The van der Waals surface area contributed by atoms with Crippen LogP contribution in [0.5, 0.6) is 11.5 Å². The molecule has 3 aromatic rings. The van der Waals surface area contributed by atoms with E-state index in [4.69, 9.17) is 4.74 Å². The van der Waals surface area contributed by atoms with Crippen LogP contribution in [0.3, 0.4) is 0 Å². The van der Waals surface area contributed by atoms with Crippen molar-refractivity contribution in [2.45, 2.75) is 25.8 Å². The van der Waals surface area contributed by atoms with Crippen molar-refractivity contribution < 1.29 is 9.13 Å². The summed E-state index contributed by atoms with van der Waals surface area (Å²) in [5.74, 6) is 1.21. The number of aromatic nitrogens is 3. The fourth-order valence-electron chi connectivity index (χ4n) is 2.91. The van der Waals surface area contributed by atoms with Gasteiger partial charge in [-0.15, -0.1) is 34.2 Å². The zero-order valence-corrected chi connectivity index (χ0v) is 19.8. The Kier molecular flexibility index (Phi) is 10.8. The van der Waals surface area contributed by atoms with E-state index in [-0.39, 0.29) is 35.5 Å². The number of nitrogens with zero attached hydrogens (tertiary/aromatic N) is 4. The summed E-state index contributed by atoms with van der Waals surface area (Å²) in [7, 11) is 1.74. The van der Waals surface area contributed by atoms with Gasteiger partial charge in [-0.05, 0) is 49.1 Å². The SMILES string of the molecule is CN=C(NCCCCn1cnnc1)NCCc1ccc(Oc2ccccc2)c(F)c1.I. The molecule has 0 unspecified atom stereocenters. The normalized spacial score (nSPS) is 11.0. The molecule has 0 spiro atoms. The first-order chi connectivity index (χ1) is 14.7. The van der Waals surface area contributed by atoms with Crippen LogP contribution < -0.4 is 15.4 Å². The third kappa shape index (κ3) is 8.52. The van der Waals surface area contributed by atoms with Gasteiger partial charge in [-0.1, -0.05) is 24.3 Å². The van der Waals surface area contributed by atoms with Crippen LogP contribution in [-0.2, 0) is 13.0 Å². The van der Waals surface area contributed by atoms with Gasteiger partial charge in [0.2, 0.25) is 0 Å². The summed E-state index contributed by atoms with van der Waals surface area (Å²) in [6.07, 6.45) is 6.15. The van der Waals surface area contributed by atoms with E-state index in [1.807, 2.05) is 28.8 Å². The summed E-state index contributed by atoms with van der Waals surface area (Å²) in [4.78, 5) is 4.22. The molecule has 7 nitrogen and oxygen atoms in total.